The summed E-state index contributed by atoms with van der Waals surface area (Å²) in [6, 6.07) is 13.8. The molecule has 0 aliphatic rings. The highest BCUT2D eigenvalue weighted by Gasteiger charge is 2.10. The van der Waals surface area contributed by atoms with Gasteiger partial charge in [0.2, 0.25) is 5.95 Å². The first-order chi connectivity index (χ1) is 11.3. The SMILES string of the molecule is Cc1ccc(Nc2nc3nccc(-c4cccnc4)n3n2)cc1. The van der Waals surface area contributed by atoms with E-state index < -0.39 is 0 Å². The molecule has 0 spiro atoms. The summed E-state index contributed by atoms with van der Waals surface area (Å²) in [5.74, 6) is 1.05. The van der Waals surface area contributed by atoms with E-state index in [2.05, 4.69) is 32.3 Å². The number of hydrogen-bond acceptors (Lipinski definition) is 5. The van der Waals surface area contributed by atoms with Gasteiger partial charge in [0.15, 0.2) is 0 Å². The van der Waals surface area contributed by atoms with Crippen molar-refractivity contribution in [3.05, 3.63) is 66.6 Å². The van der Waals surface area contributed by atoms with Crippen molar-refractivity contribution >= 4 is 17.4 Å². The van der Waals surface area contributed by atoms with Crippen LogP contribution in [0.3, 0.4) is 0 Å². The van der Waals surface area contributed by atoms with E-state index in [1.165, 1.54) is 5.56 Å². The minimum absolute atomic E-state index is 0.512. The molecule has 1 N–H and O–H groups in total. The van der Waals surface area contributed by atoms with E-state index >= 15 is 0 Å². The van der Waals surface area contributed by atoms with Crippen LogP contribution in [0.5, 0.6) is 0 Å². The zero-order valence-corrected chi connectivity index (χ0v) is 12.5. The van der Waals surface area contributed by atoms with Gasteiger partial charge in [0.1, 0.15) is 0 Å². The Morgan fingerprint density at radius 1 is 1.00 bits per heavy atom. The van der Waals surface area contributed by atoms with Crippen LogP contribution in [0.4, 0.5) is 11.6 Å². The van der Waals surface area contributed by atoms with E-state index in [4.69, 9.17) is 0 Å². The Bertz CT molecular complexity index is 944. The number of aryl methyl sites for hydroxylation is 1. The van der Waals surface area contributed by atoms with E-state index in [0.717, 1.165) is 16.9 Å². The third kappa shape index (κ3) is 2.62. The minimum atomic E-state index is 0.512. The van der Waals surface area contributed by atoms with Gasteiger partial charge < -0.3 is 5.32 Å². The van der Waals surface area contributed by atoms with Crippen molar-refractivity contribution in [2.75, 3.05) is 5.32 Å². The average Bonchev–Trinajstić information content (AvgIpc) is 3.00. The summed E-state index contributed by atoms with van der Waals surface area (Å²) < 4.78 is 1.72. The van der Waals surface area contributed by atoms with Gasteiger partial charge in [-0.05, 0) is 37.3 Å². The van der Waals surface area contributed by atoms with E-state index in [1.807, 2.05) is 42.5 Å². The monoisotopic (exact) mass is 302 g/mol. The molecule has 0 aliphatic heterocycles. The topological polar surface area (TPSA) is 68.0 Å². The molecule has 3 aromatic heterocycles. The molecule has 0 aliphatic carbocycles. The van der Waals surface area contributed by atoms with E-state index in [9.17, 15) is 0 Å². The molecular formula is C17H14N6. The fraction of sp³-hybridized carbons (Fsp3) is 0.0588. The highest BCUT2D eigenvalue weighted by atomic mass is 15.4. The van der Waals surface area contributed by atoms with Crippen molar-refractivity contribution in [2.24, 2.45) is 0 Å². The largest absolute Gasteiger partial charge is 0.323 e. The lowest BCUT2D eigenvalue weighted by atomic mass is 10.2. The lowest BCUT2D eigenvalue weighted by Crippen LogP contribution is -1.97. The summed E-state index contributed by atoms with van der Waals surface area (Å²) in [5, 5.41) is 7.71. The van der Waals surface area contributed by atoms with Gasteiger partial charge in [-0.1, -0.05) is 17.7 Å². The number of nitrogens with one attached hydrogen (secondary N) is 1. The van der Waals surface area contributed by atoms with Crippen molar-refractivity contribution < 1.29 is 0 Å². The van der Waals surface area contributed by atoms with Crippen LogP contribution in [0.15, 0.2) is 61.1 Å². The number of aromatic nitrogens is 5. The first kappa shape index (κ1) is 13.4. The molecule has 0 radical (unpaired) electrons. The number of anilines is 2. The zero-order chi connectivity index (χ0) is 15.6. The molecule has 0 bridgehead atoms. The average molecular weight is 302 g/mol. The molecule has 3 heterocycles. The van der Waals surface area contributed by atoms with Crippen molar-refractivity contribution in [3.8, 4) is 11.3 Å². The van der Waals surface area contributed by atoms with Crippen molar-refractivity contribution in [3.63, 3.8) is 0 Å². The fourth-order valence-corrected chi connectivity index (χ4v) is 2.35. The van der Waals surface area contributed by atoms with Crippen molar-refractivity contribution in [1.29, 1.82) is 0 Å². The fourth-order valence-electron chi connectivity index (χ4n) is 2.35. The molecular weight excluding hydrogens is 288 g/mol. The Morgan fingerprint density at radius 3 is 2.65 bits per heavy atom. The highest BCUT2D eigenvalue weighted by Crippen LogP contribution is 2.20. The Balaban J connectivity index is 1.75. The smallest absolute Gasteiger partial charge is 0.254 e. The molecule has 112 valence electrons. The second-order valence-corrected chi connectivity index (χ2v) is 5.21. The van der Waals surface area contributed by atoms with Gasteiger partial charge in [-0.3, -0.25) is 4.98 Å². The molecule has 0 atom stereocenters. The Hall–Kier alpha value is -3.28. The number of nitrogens with zero attached hydrogens (tertiary/aromatic N) is 5. The second-order valence-electron chi connectivity index (χ2n) is 5.21. The first-order valence-corrected chi connectivity index (χ1v) is 7.25. The minimum Gasteiger partial charge on any atom is -0.323 e. The van der Waals surface area contributed by atoms with Gasteiger partial charge in [0, 0.05) is 29.8 Å². The summed E-state index contributed by atoms with van der Waals surface area (Å²) in [4.78, 5) is 12.9. The molecule has 0 amide bonds. The number of rotatable bonds is 3. The predicted octanol–water partition coefficient (Wildman–Crippen LogP) is 3.24. The quantitative estimate of drug-likeness (QED) is 0.629. The third-order valence-corrected chi connectivity index (χ3v) is 3.51. The van der Waals surface area contributed by atoms with Crippen LogP contribution in [-0.4, -0.2) is 24.6 Å². The normalized spacial score (nSPS) is 10.8. The lowest BCUT2D eigenvalue weighted by Gasteiger charge is -2.02. The van der Waals surface area contributed by atoms with E-state index in [-0.39, 0.29) is 0 Å². The van der Waals surface area contributed by atoms with Gasteiger partial charge in [-0.15, -0.1) is 5.10 Å². The summed E-state index contributed by atoms with van der Waals surface area (Å²) in [6.45, 7) is 2.05. The third-order valence-electron chi connectivity index (χ3n) is 3.51. The molecule has 4 rings (SSSR count). The molecule has 4 aromatic rings. The van der Waals surface area contributed by atoms with Crippen molar-refractivity contribution in [1.82, 2.24) is 24.6 Å². The molecule has 0 unspecified atom stereocenters. The molecule has 1 aromatic carbocycles. The van der Waals surface area contributed by atoms with Crippen molar-refractivity contribution in [2.45, 2.75) is 6.92 Å². The molecule has 23 heavy (non-hydrogen) atoms. The van der Waals surface area contributed by atoms with Gasteiger partial charge >= 0.3 is 0 Å². The van der Waals surface area contributed by atoms with E-state index in [0.29, 0.717) is 11.7 Å². The number of fused-ring (bicyclic) bond motifs is 1. The first-order valence-electron chi connectivity index (χ1n) is 7.25. The summed E-state index contributed by atoms with van der Waals surface area (Å²) in [5.41, 5.74) is 4.01. The van der Waals surface area contributed by atoms with Crippen LogP contribution in [0, 0.1) is 6.92 Å². The molecule has 0 saturated carbocycles. The zero-order valence-electron chi connectivity index (χ0n) is 12.5. The number of pyridine rings is 1. The second kappa shape index (κ2) is 5.49. The molecule has 6 heteroatoms. The Morgan fingerprint density at radius 2 is 1.87 bits per heavy atom. The maximum atomic E-state index is 4.51. The van der Waals surface area contributed by atoms with Gasteiger partial charge in [0.25, 0.3) is 5.78 Å². The molecule has 0 fully saturated rings. The highest BCUT2D eigenvalue weighted by molar-refractivity contribution is 5.62. The van der Waals surface area contributed by atoms with Crippen LogP contribution >= 0.6 is 0 Å². The van der Waals surface area contributed by atoms with Crippen LogP contribution in [0.25, 0.3) is 17.0 Å². The lowest BCUT2D eigenvalue weighted by molar-refractivity contribution is 0.949. The van der Waals surface area contributed by atoms with E-state index in [1.54, 1.807) is 23.1 Å². The van der Waals surface area contributed by atoms with Crippen LogP contribution in [-0.2, 0) is 0 Å². The van der Waals surface area contributed by atoms with Gasteiger partial charge in [-0.25, -0.2) is 4.98 Å². The van der Waals surface area contributed by atoms with Gasteiger partial charge in [0.05, 0.1) is 5.69 Å². The number of hydrogen-bond donors (Lipinski definition) is 1. The maximum Gasteiger partial charge on any atom is 0.254 e. The maximum absolute atomic E-state index is 4.51. The molecule has 0 saturated heterocycles. The summed E-state index contributed by atoms with van der Waals surface area (Å²) in [6.07, 6.45) is 5.26. The van der Waals surface area contributed by atoms with Crippen LogP contribution in [0.1, 0.15) is 5.56 Å². The number of benzene rings is 1. The summed E-state index contributed by atoms with van der Waals surface area (Å²) in [7, 11) is 0. The van der Waals surface area contributed by atoms with Crippen LogP contribution < -0.4 is 5.32 Å². The Labute approximate surface area is 132 Å². The van der Waals surface area contributed by atoms with Crippen LogP contribution in [0.2, 0.25) is 0 Å². The predicted molar refractivity (Wildman–Crippen MR) is 88.5 cm³/mol. The molecule has 6 nitrogen and oxygen atoms in total. The van der Waals surface area contributed by atoms with Gasteiger partial charge in [-0.2, -0.15) is 9.50 Å². The summed E-state index contributed by atoms with van der Waals surface area (Å²) >= 11 is 0. The standard InChI is InChI=1S/C17H14N6/c1-12-4-6-14(7-5-12)20-16-21-17-19-10-8-15(23(17)22-16)13-3-2-9-18-11-13/h2-11H,1H3,(H,20,22). The Kier molecular flexibility index (Phi) is 3.20.